The predicted molar refractivity (Wildman–Crippen MR) is 145 cm³/mol. The van der Waals surface area contributed by atoms with Gasteiger partial charge in [-0.25, -0.2) is 9.97 Å². The lowest BCUT2D eigenvalue weighted by Gasteiger charge is -2.26. The number of hydrogen-bond acceptors (Lipinski definition) is 7. The Balaban J connectivity index is 1.09. The maximum absolute atomic E-state index is 6.01. The lowest BCUT2D eigenvalue weighted by atomic mass is 10.0. The van der Waals surface area contributed by atoms with Crippen LogP contribution in [0.2, 0.25) is 0 Å². The standard InChI is InChI=1S/C28H32N6O2/c1-20-16-29-28-26(20)27(30-17-31-28)21-11-13-34(14-12-21)19-35-18-32-22-5-4-6-25(15-22)36-24-9-7-23(8-10-24)33(2)3/h4-11,15-17,32H,12-14,18-19H2,1-3H3,(H,29,30,31). The van der Waals surface area contributed by atoms with Gasteiger partial charge in [0.25, 0.3) is 0 Å². The Morgan fingerprint density at radius 1 is 1.08 bits per heavy atom. The van der Waals surface area contributed by atoms with Crippen LogP contribution >= 0.6 is 0 Å². The summed E-state index contributed by atoms with van der Waals surface area (Å²) in [6.45, 7) is 4.83. The number of anilines is 2. The number of nitrogens with zero attached hydrogens (tertiary/aromatic N) is 4. The van der Waals surface area contributed by atoms with Crippen LogP contribution in [0.5, 0.6) is 11.5 Å². The van der Waals surface area contributed by atoms with Crippen LogP contribution in [0.15, 0.2) is 67.1 Å². The molecule has 0 unspecified atom stereocenters. The summed E-state index contributed by atoms with van der Waals surface area (Å²) in [6.07, 6.45) is 6.81. The van der Waals surface area contributed by atoms with E-state index in [-0.39, 0.29) is 0 Å². The number of benzene rings is 2. The fourth-order valence-electron chi connectivity index (χ4n) is 4.33. The van der Waals surface area contributed by atoms with E-state index in [2.05, 4.69) is 43.1 Å². The van der Waals surface area contributed by atoms with Crippen LogP contribution < -0.4 is 15.0 Å². The molecule has 0 amide bonds. The van der Waals surface area contributed by atoms with E-state index in [1.54, 1.807) is 6.33 Å². The van der Waals surface area contributed by atoms with Gasteiger partial charge in [-0.15, -0.1) is 0 Å². The van der Waals surface area contributed by atoms with Gasteiger partial charge in [0, 0.05) is 56.2 Å². The Hall–Kier alpha value is -3.88. The van der Waals surface area contributed by atoms with Crippen molar-refractivity contribution in [3.05, 3.63) is 78.4 Å². The quantitative estimate of drug-likeness (QED) is 0.248. The van der Waals surface area contributed by atoms with Crippen LogP contribution in [-0.4, -0.2) is 60.5 Å². The Morgan fingerprint density at radius 3 is 2.72 bits per heavy atom. The molecule has 1 aliphatic heterocycles. The van der Waals surface area contributed by atoms with Crippen LogP contribution in [0.3, 0.4) is 0 Å². The molecule has 8 heteroatoms. The normalized spacial score (nSPS) is 14.0. The van der Waals surface area contributed by atoms with E-state index in [0.29, 0.717) is 13.5 Å². The highest BCUT2D eigenvalue weighted by Crippen LogP contribution is 2.29. The summed E-state index contributed by atoms with van der Waals surface area (Å²) in [5.41, 5.74) is 6.47. The van der Waals surface area contributed by atoms with E-state index in [0.717, 1.165) is 59.1 Å². The number of fused-ring (bicyclic) bond motifs is 1. The van der Waals surface area contributed by atoms with Crippen molar-refractivity contribution in [1.82, 2.24) is 19.9 Å². The number of H-pyrrole nitrogens is 1. The molecule has 0 aliphatic carbocycles. The number of aromatic nitrogens is 3. The molecule has 2 N–H and O–H groups in total. The molecule has 0 saturated carbocycles. The Bertz CT molecular complexity index is 1350. The minimum atomic E-state index is 0.420. The molecule has 3 heterocycles. The average molecular weight is 485 g/mol. The molecule has 1 aliphatic rings. The second-order valence-electron chi connectivity index (χ2n) is 9.15. The Labute approximate surface area is 211 Å². The van der Waals surface area contributed by atoms with Gasteiger partial charge < -0.3 is 24.7 Å². The van der Waals surface area contributed by atoms with Gasteiger partial charge in [-0.1, -0.05) is 12.1 Å². The number of hydrogen-bond donors (Lipinski definition) is 2. The van der Waals surface area contributed by atoms with Gasteiger partial charge in [0.15, 0.2) is 0 Å². The summed E-state index contributed by atoms with van der Waals surface area (Å²) in [4.78, 5) is 16.5. The van der Waals surface area contributed by atoms with Gasteiger partial charge in [-0.3, -0.25) is 4.90 Å². The maximum atomic E-state index is 6.01. The largest absolute Gasteiger partial charge is 0.457 e. The number of nitrogens with one attached hydrogen (secondary N) is 2. The van der Waals surface area contributed by atoms with E-state index in [4.69, 9.17) is 9.47 Å². The first kappa shape index (κ1) is 23.8. The summed E-state index contributed by atoms with van der Waals surface area (Å²) < 4.78 is 11.9. The van der Waals surface area contributed by atoms with Crippen molar-refractivity contribution in [2.75, 3.05) is 50.9 Å². The van der Waals surface area contributed by atoms with E-state index < -0.39 is 0 Å². The highest BCUT2D eigenvalue weighted by atomic mass is 16.5. The molecular weight excluding hydrogens is 452 g/mol. The molecule has 0 saturated heterocycles. The zero-order chi connectivity index (χ0) is 24.9. The van der Waals surface area contributed by atoms with Gasteiger partial charge in [0.05, 0.1) is 5.69 Å². The second-order valence-corrected chi connectivity index (χ2v) is 9.15. The van der Waals surface area contributed by atoms with E-state index in [1.165, 1.54) is 11.1 Å². The third-order valence-electron chi connectivity index (χ3n) is 6.34. The summed E-state index contributed by atoms with van der Waals surface area (Å²) in [7, 11) is 4.04. The minimum absolute atomic E-state index is 0.420. The molecule has 2 aromatic heterocycles. The van der Waals surface area contributed by atoms with Crippen LogP contribution in [0.1, 0.15) is 17.7 Å². The highest BCUT2D eigenvalue weighted by molar-refractivity contribution is 5.90. The molecule has 4 aromatic rings. The summed E-state index contributed by atoms with van der Waals surface area (Å²) in [6, 6.07) is 15.9. The second kappa shape index (κ2) is 10.8. The van der Waals surface area contributed by atoms with Gasteiger partial charge in [0.2, 0.25) is 0 Å². The van der Waals surface area contributed by atoms with Crippen LogP contribution in [-0.2, 0) is 4.74 Å². The van der Waals surface area contributed by atoms with Crippen molar-refractivity contribution in [3.63, 3.8) is 0 Å². The molecule has 0 spiro atoms. The van der Waals surface area contributed by atoms with E-state index in [1.807, 2.05) is 68.8 Å². The summed E-state index contributed by atoms with van der Waals surface area (Å²) in [5.74, 6) is 1.59. The predicted octanol–water partition coefficient (Wildman–Crippen LogP) is 5.26. The molecule has 0 atom stereocenters. The SMILES string of the molecule is Cc1c[nH]c2ncnc(C3=CCN(COCNc4cccc(Oc5ccc(N(C)C)cc5)c4)CC3)c12. The maximum Gasteiger partial charge on any atom is 0.141 e. The van der Waals surface area contributed by atoms with Crippen LogP contribution in [0.25, 0.3) is 16.6 Å². The first-order valence-corrected chi connectivity index (χ1v) is 12.1. The molecule has 0 fully saturated rings. The number of rotatable bonds is 9. The van der Waals surface area contributed by atoms with Crippen LogP contribution in [0, 0.1) is 6.92 Å². The fourth-order valence-corrected chi connectivity index (χ4v) is 4.33. The van der Waals surface area contributed by atoms with Crippen molar-refractivity contribution in [2.24, 2.45) is 0 Å². The van der Waals surface area contributed by atoms with E-state index >= 15 is 0 Å². The van der Waals surface area contributed by atoms with Gasteiger partial charge in [-0.05, 0) is 60.9 Å². The average Bonchev–Trinajstić information content (AvgIpc) is 3.28. The molecular formula is C28H32N6O2. The smallest absolute Gasteiger partial charge is 0.141 e. The van der Waals surface area contributed by atoms with Crippen molar-refractivity contribution in [2.45, 2.75) is 13.3 Å². The Kier molecular flexibility index (Phi) is 7.16. The zero-order valence-corrected chi connectivity index (χ0v) is 21.0. The van der Waals surface area contributed by atoms with Crippen molar-refractivity contribution >= 4 is 28.0 Å². The summed E-state index contributed by atoms with van der Waals surface area (Å²) in [5, 5.41) is 4.44. The highest BCUT2D eigenvalue weighted by Gasteiger charge is 2.17. The lowest BCUT2D eigenvalue weighted by Crippen LogP contribution is -2.31. The van der Waals surface area contributed by atoms with Crippen molar-refractivity contribution in [1.29, 1.82) is 0 Å². The molecule has 36 heavy (non-hydrogen) atoms. The fraction of sp³-hybridized carbons (Fsp3) is 0.286. The summed E-state index contributed by atoms with van der Waals surface area (Å²) >= 11 is 0. The molecule has 0 radical (unpaired) electrons. The van der Waals surface area contributed by atoms with Crippen molar-refractivity contribution < 1.29 is 9.47 Å². The monoisotopic (exact) mass is 484 g/mol. The molecule has 186 valence electrons. The van der Waals surface area contributed by atoms with Gasteiger partial charge in [-0.2, -0.15) is 0 Å². The number of ether oxygens (including phenoxy) is 2. The minimum Gasteiger partial charge on any atom is -0.457 e. The first-order chi connectivity index (χ1) is 17.6. The number of aromatic amines is 1. The van der Waals surface area contributed by atoms with Gasteiger partial charge in [0.1, 0.15) is 36.9 Å². The third kappa shape index (κ3) is 5.50. The number of aryl methyl sites for hydroxylation is 1. The van der Waals surface area contributed by atoms with Crippen LogP contribution in [0.4, 0.5) is 11.4 Å². The molecule has 8 nitrogen and oxygen atoms in total. The topological polar surface area (TPSA) is 78.5 Å². The lowest BCUT2D eigenvalue weighted by molar-refractivity contribution is 0.0446. The molecule has 2 aromatic carbocycles. The van der Waals surface area contributed by atoms with E-state index in [9.17, 15) is 0 Å². The third-order valence-corrected chi connectivity index (χ3v) is 6.34. The molecule has 5 rings (SSSR count). The Morgan fingerprint density at radius 2 is 1.94 bits per heavy atom. The first-order valence-electron chi connectivity index (χ1n) is 12.1. The van der Waals surface area contributed by atoms with Crippen molar-refractivity contribution in [3.8, 4) is 11.5 Å². The molecule has 0 bridgehead atoms. The zero-order valence-electron chi connectivity index (χ0n) is 21.0. The van der Waals surface area contributed by atoms with Gasteiger partial charge >= 0.3 is 0 Å².